The first-order valence-electron chi connectivity index (χ1n) is 31.2. The summed E-state index contributed by atoms with van der Waals surface area (Å²) in [4.78, 5) is 60.2. The van der Waals surface area contributed by atoms with E-state index >= 15 is 0 Å². The molecule has 3 heterocycles. The third-order valence-corrected chi connectivity index (χ3v) is 28.8. The summed E-state index contributed by atoms with van der Waals surface area (Å²) in [6.45, 7) is 27.6. The third-order valence-electron chi connectivity index (χ3n) is 19.5. The number of ether oxygens (including phenoxy) is 6. The quantitative estimate of drug-likeness (QED) is 0.0633. The van der Waals surface area contributed by atoms with Gasteiger partial charge in [-0.3, -0.25) is 14.4 Å². The van der Waals surface area contributed by atoms with E-state index in [0.29, 0.717) is 51.4 Å². The first-order valence-corrected chi connectivity index (χ1v) is 36.2. The van der Waals surface area contributed by atoms with E-state index in [0.717, 1.165) is 73.1 Å². The van der Waals surface area contributed by atoms with Gasteiger partial charge in [0.2, 0.25) is 5.79 Å². The van der Waals surface area contributed by atoms with Gasteiger partial charge in [-0.25, -0.2) is 4.79 Å². The summed E-state index contributed by atoms with van der Waals surface area (Å²) >= 11 is 0. The molecule has 14 nitrogen and oxygen atoms in total. The lowest BCUT2D eigenvalue weighted by Gasteiger charge is -2.43. The first-order chi connectivity index (χ1) is 38.0. The monoisotopic (exact) mass is 1160 g/mol. The van der Waals surface area contributed by atoms with Crippen molar-refractivity contribution >= 4 is 40.1 Å². The Kier molecular flexibility index (Phi) is 28.9. The number of ketones is 2. The summed E-state index contributed by atoms with van der Waals surface area (Å²) in [7, 11) is 2.51. The van der Waals surface area contributed by atoms with Crippen molar-refractivity contribution in [2.45, 2.75) is 264 Å². The first kappa shape index (κ1) is 69.8. The Hall–Kier alpha value is -2.65. The predicted molar refractivity (Wildman–Crippen MR) is 323 cm³/mol. The van der Waals surface area contributed by atoms with Gasteiger partial charge >= 0.3 is 5.97 Å². The van der Waals surface area contributed by atoms with Crippen LogP contribution in [0.1, 0.15) is 167 Å². The van der Waals surface area contributed by atoms with Crippen molar-refractivity contribution in [3.8, 4) is 0 Å². The lowest BCUT2D eigenvalue weighted by Crippen LogP contribution is -2.61. The summed E-state index contributed by atoms with van der Waals surface area (Å²) in [6, 6.07) is 4.85. The van der Waals surface area contributed by atoms with Crippen LogP contribution in [0.15, 0.2) is 47.6 Å². The molecule has 3 fully saturated rings. The van der Waals surface area contributed by atoms with Crippen LogP contribution in [0.2, 0.25) is 36.3 Å². The molecule has 0 aromatic heterocycles. The van der Waals surface area contributed by atoms with Crippen molar-refractivity contribution < 1.29 is 61.6 Å². The van der Waals surface area contributed by atoms with E-state index in [2.05, 4.69) is 74.5 Å². The van der Waals surface area contributed by atoms with E-state index in [1.165, 1.54) is 4.90 Å². The second-order valence-corrected chi connectivity index (χ2v) is 34.1. The van der Waals surface area contributed by atoms with E-state index in [1.807, 2.05) is 45.1 Å². The summed E-state index contributed by atoms with van der Waals surface area (Å²) in [5.74, 6) is -5.99. The molecule has 80 heavy (non-hydrogen) atoms. The highest BCUT2D eigenvalue weighted by molar-refractivity contribution is 6.74. The fraction of sp³-hybridized carbons (Fsp3) is 0.812. The number of methoxy groups -OCH3 is 4. The van der Waals surface area contributed by atoms with E-state index in [1.54, 1.807) is 35.4 Å². The SMILES string of the molecule is CC[Si](CC)(CC)O[C@@H]1/C(C)=C/[C@@H](C)[C@H](OC)C[C@@H]([C@H](C)C[C@@H]2CC[C@@H](O[Si](CC)(CC)CC)[C@H](OC)C2)OC(=O)[C@@H]2CCCCN2C(=O)C(=O)[C@]2(O)O[C@@H](CC[C@H]2C)C[C@H](OC)/C(C)=C/C=C/C=C/[C@@H](C)C[C@@H](C)C(=O)[C@@H]1OC. The molecule has 2 bridgehead atoms. The van der Waals surface area contributed by atoms with Crippen molar-refractivity contribution in [2.75, 3.05) is 35.0 Å². The van der Waals surface area contributed by atoms with Gasteiger partial charge in [0, 0.05) is 65.6 Å². The summed E-state index contributed by atoms with van der Waals surface area (Å²) in [5.41, 5.74) is 1.81. The van der Waals surface area contributed by atoms with Gasteiger partial charge in [0.15, 0.2) is 22.4 Å². The molecule has 1 amide bonds. The molecule has 0 radical (unpaired) electrons. The molecule has 458 valence electrons. The Bertz CT molecular complexity index is 2050. The zero-order valence-electron chi connectivity index (χ0n) is 52.9. The van der Waals surface area contributed by atoms with Crippen LogP contribution < -0.4 is 0 Å². The number of aliphatic hydroxyl groups is 1. The molecular weight excluding hydrogens is 1050 g/mol. The molecule has 3 aliphatic heterocycles. The highest BCUT2D eigenvalue weighted by atomic mass is 28.4. The van der Waals surface area contributed by atoms with E-state index < -0.39 is 88.7 Å². The average Bonchev–Trinajstić information content (AvgIpc) is 3.58. The number of piperidine rings is 1. The van der Waals surface area contributed by atoms with Gasteiger partial charge < -0.3 is 47.3 Å². The van der Waals surface area contributed by atoms with Crippen LogP contribution in [-0.2, 0) is 56.5 Å². The fourth-order valence-corrected chi connectivity index (χ4v) is 19.2. The second-order valence-electron chi connectivity index (χ2n) is 24.7. The zero-order chi connectivity index (χ0) is 59.5. The molecule has 16 atom stereocenters. The number of allylic oxidation sites excluding steroid dienone is 5. The molecule has 2 saturated heterocycles. The minimum atomic E-state index is -2.39. The molecule has 1 aliphatic carbocycles. The average molecular weight is 1160 g/mol. The smallest absolute Gasteiger partial charge is 0.329 e. The summed E-state index contributed by atoms with van der Waals surface area (Å²) in [5, 5.41) is 12.2. The van der Waals surface area contributed by atoms with Gasteiger partial charge in [0.25, 0.3) is 11.7 Å². The van der Waals surface area contributed by atoms with Crippen molar-refractivity contribution in [1.29, 1.82) is 0 Å². The predicted octanol–water partition coefficient (Wildman–Crippen LogP) is 12.7. The van der Waals surface area contributed by atoms with Crippen LogP contribution in [0.25, 0.3) is 0 Å². The number of cyclic esters (lactones) is 1. The largest absolute Gasteiger partial charge is 0.460 e. The molecule has 1 saturated carbocycles. The van der Waals surface area contributed by atoms with Gasteiger partial charge in [0.05, 0.1) is 36.6 Å². The molecule has 0 spiro atoms. The van der Waals surface area contributed by atoms with Gasteiger partial charge in [-0.1, -0.05) is 113 Å². The maximum absolute atomic E-state index is 15.0. The molecular formula is C64H111NO13Si2. The Morgan fingerprint density at radius 3 is 1.93 bits per heavy atom. The minimum absolute atomic E-state index is 0.00250. The number of amides is 1. The lowest BCUT2D eigenvalue weighted by molar-refractivity contribution is -0.265. The minimum Gasteiger partial charge on any atom is -0.460 e. The number of hydrogen-bond donors (Lipinski definition) is 1. The van der Waals surface area contributed by atoms with Crippen molar-refractivity contribution in [1.82, 2.24) is 4.90 Å². The number of nitrogens with zero attached hydrogens (tertiary/aromatic N) is 1. The Labute approximate surface area is 486 Å². The third kappa shape index (κ3) is 18.2. The number of Topliss-reactive ketones (excluding diaryl/α,β-unsaturated/α-hetero) is 2. The number of hydrogen-bond acceptors (Lipinski definition) is 13. The maximum atomic E-state index is 15.0. The van der Waals surface area contributed by atoms with Gasteiger partial charge in [0.1, 0.15) is 18.2 Å². The molecule has 4 rings (SSSR count). The lowest BCUT2D eigenvalue weighted by atomic mass is 9.78. The Balaban J connectivity index is 1.82. The van der Waals surface area contributed by atoms with Crippen LogP contribution in [0.5, 0.6) is 0 Å². The number of fused-ring (bicyclic) bond motifs is 3. The Morgan fingerprint density at radius 2 is 1.32 bits per heavy atom. The number of carbonyl (C=O) groups is 4. The van der Waals surface area contributed by atoms with Gasteiger partial charge in [-0.05, 0) is 143 Å². The molecule has 0 aromatic carbocycles. The van der Waals surface area contributed by atoms with E-state index in [-0.39, 0.29) is 54.1 Å². The second kappa shape index (κ2) is 33.2. The molecule has 0 aromatic rings. The van der Waals surface area contributed by atoms with Crippen LogP contribution in [0.3, 0.4) is 0 Å². The fourth-order valence-electron chi connectivity index (χ4n) is 13.4. The highest BCUT2D eigenvalue weighted by Gasteiger charge is 2.53. The highest BCUT2D eigenvalue weighted by Crippen LogP contribution is 2.40. The van der Waals surface area contributed by atoms with Crippen LogP contribution in [0, 0.1) is 35.5 Å². The van der Waals surface area contributed by atoms with Crippen LogP contribution in [-0.4, -0.2) is 146 Å². The summed E-state index contributed by atoms with van der Waals surface area (Å²) in [6.07, 6.45) is 15.9. The van der Waals surface area contributed by atoms with Crippen LogP contribution >= 0.6 is 0 Å². The van der Waals surface area contributed by atoms with E-state index in [9.17, 15) is 24.3 Å². The molecule has 16 heteroatoms. The molecule has 0 unspecified atom stereocenters. The number of carbonyl (C=O) groups excluding carboxylic acids is 4. The summed E-state index contributed by atoms with van der Waals surface area (Å²) < 4.78 is 52.1. The number of esters is 1. The zero-order valence-corrected chi connectivity index (χ0v) is 54.9. The Morgan fingerprint density at radius 1 is 0.688 bits per heavy atom. The van der Waals surface area contributed by atoms with Crippen molar-refractivity contribution in [3.05, 3.63) is 47.6 Å². The topological polar surface area (TPSA) is 166 Å². The van der Waals surface area contributed by atoms with E-state index in [4.69, 9.17) is 37.3 Å². The molecule has 1 N–H and O–H groups in total. The number of rotatable bonds is 17. The maximum Gasteiger partial charge on any atom is 0.329 e. The van der Waals surface area contributed by atoms with Crippen molar-refractivity contribution in [2.24, 2.45) is 35.5 Å². The van der Waals surface area contributed by atoms with Gasteiger partial charge in [-0.15, -0.1) is 0 Å². The van der Waals surface area contributed by atoms with Crippen LogP contribution in [0.4, 0.5) is 0 Å². The van der Waals surface area contributed by atoms with Crippen molar-refractivity contribution in [3.63, 3.8) is 0 Å². The normalized spacial score (nSPS) is 36.5. The standard InChI is InChI=1S/C64H111NO13Si2/c1-18-79(19-2,20-3)77-53-35-33-50(40-57(53)73-16)39-46(10)56-42-55(72-15)45(9)38-48(12)59(78-80(21-4,22-5)23-6)60(74-17)58(66)47(11)37-43(7)29-25-24-26-30-44(8)54(71-14)41-51-34-32-49(13)64(70,76-51)61(67)62(68)65-36-28-27-31-52(65)63(69)75-56/h24-26,29-30,38,43,45-47,49-57,59-60,70H,18-23,27-28,31-37,39-42H2,1-17H3/b26-24+,29-25+,44-30+,48-38+/t43-,45-,46-,47-,49-,50+,51+,52+,53-,54+,55-,56+,57-,59-,60+,64-/m1/s1. The van der Waals surface area contributed by atoms with Gasteiger partial charge in [-0.2, -0.15) is 0 Å². The molecule has 4 aliphatic rings.